The summed E-state index contributed by atoms with van der Waals surface area (Å²) in [7, 11) is -2.30. The molecule has 0 bridgehead atoms. The van der Waals surface area contributed by atoms with E-state index < -0.39 is 16.3 Å². The lowest BCUT2D eigenvalue weighted by atomic mass is 10.2. The third kappa shape index (κ3) is 3.85. The Morgan fingerprint density at radius 3 is 2.40 bits per heavy atom. The first-order valence-electron chi connectivity index (χ1n) is 2.36. The van der Waals surface area contributed by atoms with Gasteiger partial charge in [0.2, 0.25) is 10.3 Å². The number of rotatable bonds is 3. The standard InChI is InChI=1S/C5H6O4S/c1-4(5(6)7)2-3-10(8)9/h3H,1-2H2,(H,6,7). The molecule has 0 aliphatic heterocycles. The van der Waals surface area contributed by atoms with Gasteiger partial charge in [0.25, 0.3) is 0 Å². The van der Waals surface area contributed by atoms with Gasteiger partial charge < -0.3 is 5.11 Å². The van der Waals surface area contributed by atoms with E-state index in [0.717, 1.165) is 5.37 Å². The summed E-state index contributed by atoms with van der Waals surface area (Å²) in [6, 6.07) is 0. The Balaban J connectivity index is 4.08. The summed E-state index contributed by atoms with van der Waals surface area (Å²) >= 11 is 0. The Kier molecular flexibility index (Phi) is 3.42. The average molecular weight is 162 g/mol. The van der Waals surface area contributed by atoms with E-state index in [9.17, 15) is 13.2 Å². The van der Waals surface area contributed by atoms with Gasteiger partial charge in [0.15, 0.2) is 0 Å². The van der Waals surface area contributed by atoms with Crippen LogP contribution in [0.4, 0.5) is 0 Å². The highest BCUT2D eigenvalue weighted by Gasteiger charge is 1.99. The molecule has 4 nitrogen and oxygen atoms in total. The first-order chi connectivity index (χ1) is 4.54. The molecule has 0 amide bonds. The molecule has 56 valence electrons. The zero-order valence-electron chi connectivity index (χ0n) is 5.07. The van der Waals surface area contributed by atoms with Crippen LogP contribution in [0, 0.1) is 0 Å². The lowest BCUT2D eigenvalue weighted by Gasteiger charge is -1.88. The van der Waals surface area contributed by atoms with Crippen LogP contribution in [-0.2, 0) is 15.1 Å². The number of aliphatic carboxylic acids is 1. The van der Waals surface area contributed by atoms with Crippen LogP contribution >= 0.6 is 0 Å². The molecule has 0 unspecified atom stereocenters. The maximum absolute atomic E-state index is 9.99. The van der Waals surface area contributed by atoms with Crippen LogP contribution in [0.3, 0.4) is 0 Å². The summed E-state index contributed by atoms with van der Waals surface area (Å²) in [4.78, 5) is 9.99. The first-order valence-corrected chi connectivity index (χ1v) is 3.50. The van der Waals surface area contributed by atoms with Crippen molar-refractivity contribution in [2.75, 3.05) is 0 Å². The van der Waals surface area contributed by atoms with Crippen LogP contribution in [-0.4, -0.2) is 24.9 Å². The highest BCUT2D eigenvalue weighted by molar-refractivity contribution is 7.71. The van der Waals surface area contributed by atoms with Crippen molar-refractivity contribution >= 4 is 21.6 Å². The Morgan fingerprint density at radius 1 is 1.60 bits per heavy atom. The lowest BCUT2D eigenvalue weighted by Crippen LogP contribution is -1.98. The minimum atomic E-state index is -2.30. The summed E-state index contributed by atoms with van der Waals surface area (Å²) in [6.45, 7) is 3.12. The van der Waals surface area contributed by atoms with Crippen molar-refractivity contribution in [2.24, 2.45) is 0 Å². The summed E-state index contributed by atoms with van der Waals surface area (Å²) in [6.07, 6.45) is -0.133. The fourth-order valence-electron chi connectivity index (χ4n) is 0.256. The van der Waals surface area contributed by atoms with Gasteiger partial charge in [-0.3, -0.25) is 0 Å². The van der Waals surface area contributed by atoms with Crippen LogP contribution in [0.15, 0.2) is 12.2 Å². The number of hydrogen-bond acceptors (Lipinski definition) is 3. The molecule has 0 aromatic heterocycles. The Labute approximate surface area is 59.3 Å². The highest BCUT2D eigenvalue weighted by atomic mass is 32.2. The van der Waals surface area contributed by atoms with E-state index in [1.54, 1.807) is 0 Å². The minimum absolute atomic E-state index is 0.133. The second-order valence-corrected chi connectivity index (χ2v) is 2.39. The summed E-state index contributed by atoms with van der Waals surface area (Å²) in [5.74, 6) is -1.18. The zero-order chi connectivity index (χ0) is 8.15. The van der Waals surface area contributed by atoms with Crippen LogP contribution in [0.25, 0.3) is 0 Å². The van der Waals surface area contributed by atoms with Gasteiger partial charge in [0, 0.05) is 17.4 Å². The predicted molar refractivity (Wildman–Crippen MR) is 36.4 cm³/mol. The van der Waals surface area contributed by atoms with Crippen molar-refractivity contribution in [3.8, 4) is 0 Å². The van der Waals surface area contributed by atoms with Crippen LogP contribution < -0.4 is 0 Å². The largest absolute Gasteiger partial charge is 0.478 e. The number of carboxylic acids is 1. The molecule has 0 saturated carbocycles. The van der Waals surface area contributed by atoms with E-state index in [-0.39, 0.29) is 12.0 Å². The molecular weight excluding hydrogens is 156 g/mol. The van der Waals surface area contributed by atoms with Gasteiger partial charge in [-0.15, -0.1) is 0 Å². The predicted octanol–water partition coefficient (Wildman–Crippen LogP) is -0.301. The maximum atomic E-state index is 9.99. The molecular formula is C5H6O4S. The fraction of sp³-hybridized carbons (Fsp3) is 0.200. The summed E-state index contributed by atoms with van der Waals surface area (Å²) in [5.41, 5.74) is -0.135. The number of carboxylic acid groups (broad SMARTS) is 1. The lowest BCUT2D eigenvalue weighted by molar-refractivity contribution is -0.132. The molecule has 0 fully saturated rings. The van der Waals surface area contributed by atoms with Crippen LogP contribution in [0.1, 0.15) is 6.42 Å². The molecule has 0 saturated heterocycles. The van der Waals surface area contributed by atoms with Gasteiger partial charge in [0.05, 0.1) is 0 Å². The van der Waals surface area contributed by atoms with Crippen molar-refractivity contribution in [2.45, 2.75) is 6.42 Å². The molecule has 0 atom stereocenters. The third-order valence-electron chi connectivity index (χ3n) is 0.768. The molecule has 0 rings (SSSR count). The SMILES string of the molecule is C=C(CC=S(=O)=O)C(=O)O. The van der Waals surface area contributed by atoms with E-state index in [4.69, 9.17) is 5.11 Å². The van der Waals surface area contributed by atoms with Crippen molar-refractivity contribution in [3.05, 3.63) is 12.2 Å². The smallest absolute Gasteiger partial charge is 0.331 e. The molecule has 0 aliphatic rings. The van der Waals surface area contributed by atoms with Gasteiger partial charge in [-0.1, -0.05) is 6.58 Å². The maximum Gasteiger partial charge on any atom is 0.331 e. The van der Waals surface area contributed by atoms with Gasteiger partial charge in [0.1, 0.15) is 0 Å². The zero-order valence-corrected chi connectivity index (χ0v) is 5.89. The molecule has 0 spiro atoms. The van der Waals surface area contributed by atoms with E-state index in [2.05, 4.69) is 6.58 Å². The average Bonchev–Trinajstić information content (AvgIpc) is 1.82. The highest BCUT2D eigenvalue weighted by Crippen LogP contribution is 1.92. The molecule has 1 N–H and O–H groups in total. The summed E-state index contributed by atoms with van der Waals surface area (Å²) < 4.78 is 19.7. The van der Waals surface area contributed by atoms with Gasteiger partial charge in [-0.2, -0.15) is 8.42 Å². The van der Waals surface area contributed by atoms with E-state index >= 15 is 0 Å². The van der Waals surface area contributed by atoms with E-state index in [1.165, 1.54) is 0 Å². The van der Waals surface area contributed by atoms with Crippen molar-refractivity contribution < 1.29 is 18.3 Å². The molecule has 0 heterocycles. The quantitative estimate of drug-likeness (QED) is 0.456. The number of carbonyl (C=O) groups is 1. The monoisotopic (exact) mass is 162 g/mol. The van der Waals surface area contributed by atoms with Gasteiger partial charge in [-0.05, 0) is 0 Å². The van der Waals surface area contributed by atoms with Crippen molar-refractivity contribution in [3.63, 3.8) is 0 Å². The van der Waals surface area contributed by atoms with Crippen LogP contribution in [0.5, 0.6) is 0 Å². The van der Waals surface area contributed by atoms with Crippen molar-refractivity contribution in [1.29, 1.82) is 0 Å². The molecule has 0 aliphatic carbocycles. The van der Waals surface area contributed by atoms with Crippen molar-refractivity contribution in [1.82, 2.24) is 0 Å². The molecule has 5 heteroatoms. The van der Waals surface area contributed by atoms with E-state index in [0.29, 0.717) is 0 Å². The molecule has 0 radical (unpaired) electrons. The third-order valence-corrected chi connectivity index (χ3v) is 1.21. The number of hydrogen-bond donors (Lipinski definition) is 1. The second-order valence-electron chi connectivity index (χ2n) is 1.54. The second kappa shape index (κ2) is 3.84. The van der Waals surface area contributed by atoms with Crippen LogP contribution in [0.2, 0.25) is 0 Å². The summed E-state index contributed by atoms with van der Waals surface area (Å²) in [5, 5.41) is 9.02. The van der Waals surface area contributed by atoms with E-state index in [1.807, 2.05) is 0 Å². The Hall–Kier alpha value is -1.10. The first kappa shape index (κ1) is 8.90. The Morgan fingerprint density at radius 2 is 2.10 bits per heavy atom. The molecule has 10 heavy (non-hydrogen) atoms. The molecule has 0 aromatic rings. The normalized spacial score (nSPS) is 8.40. The topological polar surface area (TPSA) is 71.4 Å². The Bertz CT molecular complexity index is 264. The van der Waals surface area contributed by atoms with Gasteiger partial charge in [-0.25, -0.2) is 4.79 Å². The van der Waals surface area contributed by atoms with Gasteiger partial charge >= 0.3 is 5.97 Å². The minimum Gasteiger partial charge on any atom is -0.478 e. The fourth-order valence-corrected chi connectivity index (χ4v) is 0.593. The molecule has 0 aromatic carbocycles.